The maximum atomic E-state index is 12.6. The van der Waals surface area contributed by atoms with E-state index in [1.54, 1.807) is 25.6 Å². The molecule has 0 amide bonds. The Morgan fingerprint density at radius 1 is 1.30 bits per heavy atom. The zero-order valence-corrected chi connectivity index (χ0v) is 14.3. The Bertz CT molecular complexity index is 540. The van der Waals surface area contributed by atoms with E-state index in [0.717, 1.165) is 19.3 Å². The van der Waals surface area contributed by atoms with E-state index in [2.05, 4.69) is 5.10 Å². The van der Waals surface area contributed by atoms with Gasteiger partial charge in [-0.05, 0) is 26.7 Å². The SMILES string of the molecule is CCCCN(C)S(=O)(=O)c1c(C)nn(CCCCl)c1C. The van der Waals surface area contributed by atoms with E-state index in [1.807, 2.05) is 6.92 Å². The van der Waals surface area contributed by atoms with Crippen LogP contribution in [0.25, 0.3) is 0 Å². The molecule has 5 nitrogen and oxygen atoms in total. The molecule has 7 heteroatoms. The summed E-state index contributed by atoms with van der Waals surface area (Å²) in [6.45, 7) is 6.76. The van der Waals surface area contributed by atoms with Crippen LogP contribution in [-0.2, 0) is 16.6 Å². The molecule has 1 heterocycles. The van der Waals surface area contributed by atoms with Crippen molar-refractivity contribution in [3.63, 3.8) is 0 Å². The molecule has 0 saturated carbocycles. The van der Waals surface area contributed by atoms with Gasteiger partial charge >= 0.3 is 0 Å². The van der Waals surface area contributed by atoms with E-state index in [0.29, 0.717) is 35.3 Å². The Labute approximate surface area is 127 Å². The first-order chi connectivity index (χ1) is 9.36. The lowest BCUT2D eigenvalue weighted by atomic mass is 10.3. The number of hydrogen-bond acceptors (Lipinski definition) is 3. The van der Waals surface area contributed by atoms with Crippen LogP contribution in [0.3, 0.4) is 0 Å². The third-order valence-electron chi connectivity index (χ3n) is 3.31. The molecule has 0 aliphatic heterocycles. The Morgan fingerprint density at radius 2 is 1.95 bits per heavy atom. The van der Waals surface area contributed by atoms with E-state index < -0.39 is 10.0 Å². The number of aromatic nitrogens is 2. The fourth-order valence-corrected chi connectivity index (χ4v) is 3.83. The highest BCUT2D eigenvalue weighted by Gasteiger charge is 2.28. The Kier molecular flexibility index (Phi) is 6.48. The lowest BCUT2D eigenvalue weighted by Gasteiger charge is -2.17. The highest BCUT2D eigenvalue weighted by Crippen LogP contribution is 2.23. The van der Waals surface area contributed by atoms with Crippen LogP contribution in [0.1, 0.15) is 37.6 Å². The van der Waals surface area contributed by atoms with Crippen LogP contribution in [0, 0.1) is 13.8 Å². The number of halogens is 1. The molecule has 1 aromatic heterocycles. The predicted octanol–water partition coefficient (Wildman–Crippen LogP) is 2.55. The lowest BCUT2D eigenvalue weighted by molar-refractivity contribution is 0.458. The summed E-state index contributed by atoms with van der Waals surface area (Å²) >= 11 is 5.68. The average molecular weight is 322 g/mol. The predicted molar refractivity (Wildman–Crippen MR) is 81.8 cm³/mol. The van der Waals surface area contributed by atoms with Gasteiger partial charge in [-0.3, -0.25) is 4.68 Å². The Hall–Kier alpha value is -0.590. The number of aryl methyl sites for hydroxylation is 2. The molecule has 0 bridgehead atoms. The quantitative estimate of drug-likeness (QED) is 0.691. The molecule has 0 radical (unpaired) electrons. The van der Waals surface area contributed by atoms with Crippen LogP contribution in [0.4, 0.5) is 0 Å². The molecule has 0 N–H and O–H groups in total. The third-order valence-corrected chi connectivity index (χ3v) is 5.69. The maximum Gasteiger partial charge on any atom is 0.246 e. The molecule has 0 spiro atoms. The Morgan fingerprint density at radius 3 is 2.50 bits per heavy atom. The van der Waals surface area contributed by atoms with Gasteiger partial charge in [-0.2, -0.15) is 5.10 Å². The fourth-order valence-electron chi connectivity index (χ4n) is 2.14. The first kappa shape index (κ1) is 17.5. The van der Waals surface area contributed by atoms with Crippen molar-refractivity contribution in [1.29, 1.82) is 0 Å². The zero-order chi connectivity index (χ0) is 15.3. The number of nitrogens with zero attached hydrogens (tertiary/aromatic N) is 3. The van der Waals surface area contributed by atoms with E-state index in [-0.39, 0.29) is 0 Å². The normalized spacial score (nSPS) is 12.3. The number of alkyl halides is 1. The van der Waals surface area contributed by atoms with Gasteiger partial charge in [0, 0.05) is 26.0 Å². The zero-order valence-electron chi connectivity index (χ0n) is 12.7. The molecule has 1 rings (SSSR count). The highest BCUT2D eigenvalue weighted by molar-refractivity contribution is 7.89. The fraction of sp³-hybridized carbons (Fsp3) is 0.769. The first-order valence-corrected chi connectivity index (χ1v) is 8.90. The van der Waals surface area contributed by atoms with Gasteiger partial charge in [-0.1, -0.05) is 13.3 Å². The van der Waals surface area contributed by atoms with Crippen molar-refractivity contribution < 1.29 is 8.42 Å². The van der Waals surface area contributed by atoms with Crippen molar-refractivity contribution >= 4 is 21.6 Å². The third kappa shape index (κ3) is 3.74. The minimum Gasteiger partial charge on any atom is -0.268 e. The largest absolute Gasteiger partial charge is 0.268 e. The van der Waals surface area contributed by atoms with E-state index in [4.69, 9.17) is 11.6 Å². The lowest BCUT2D eigenvalue weighted by Crippen LogP contribution is -2.28. The minimum absolute atomic E-state index is 0.339. The second-order valence-corrected chi connectivity index (χ2v) is 7.31. The molecule has 0 atom stereocenters. The van der Waals surface area contributed by atoms with Crippen molar-refractivity contribution in [2.75, 3.05) is 19.5 Å². The van der Waals surface area contributed by atoms with Crippen molar-refractivity contribution in [3.8, 4) is 0 Å². The van der Waals surface area contributed by atoms with Crippen molar-refractivity contribution in [2.45, 2.75) is 51.5 Å². The summed E-state index contributed by atoms with van der Waals surface area (Å²) in [7, 11) is -1.83. The summed E-state index contributed by atoms with van der Waals surface area (Å²) in [6, 6.07) is 0. The molecule has 0 aromatic carbocycles. The summed E-state index contributed by atoms with van der Waals surface area (Å²) in [5, 5.41) is 4.33. The van der Waals surface area contributed by atoms with Gasteiger partial charge in [0.25, 0.3) is 0 Å². The number of rotatable bonds is 8. The summed E-state index contributed by atoms with van der Waals surface area (Å²) in [6.07, 6.45) is 2.59. The highest BCUT2D eigenvalue weighted by atomic mass is 35.5. The molecule has 116 valence electrons. The molecule has 0 aliphatic carbocycles. The van der Waals surface area contributed by atoms with Gasteiger partial charge < -0.3 is 0 Å². The van der Waals surface area contributed by atoms with E-state index >= 15 is 0 Å². The van der Waals surface area contributed by atoms with Gasteiger partial charge in [-0.15, -0.1) is 11.6 Å². The number of hydrogen-bond donors (Lipinski definition) is 0. The van der Waals surface area contributed by atoms with Crippen LogP contribution in [0.15, 0.2) is 4.90 Å². The molecule has 0 fully saturated rings. The molecular formula is C13H24ClN3O2S. The topological polar surface area (TPSA) is 55.2 Å². The van der Waals surface area contributed by atoms with Crippen molar-refractivity contribution in [3.05, 3.63) is 11.4 Å². The molecule has 20 heavy (non-hydrogen) atoms. The summed E-state index contributed by atoms with van der Waals surface area (Å²) in [5.41, 5.74) is 1.25. The molecular weight excluding hydrogens is 298 g/mol. The second kappa shape index (κ2) is 7.43. The van der Waals surface area contributed by atoms with Gasteiger partial charge in [0.2, 0.25) is 10.0 Å². The standard InChI is InChI=1S/C13H24ClN3O2S/c1-5-6-9-16(4)20(18,19)13-11(2)15-17(12(13)3)10-7-8-14/h5-10H2,1-4H3. The van der Waals surface area contributed by atoms with E-state index in [9.17, 15) is 8.42 Å². The molecule has 0 unspecified atom stereocenters. The van der Waals surface area contributed by atoms with E-state index in [1.165, 1.54) is 4.31 Å². The van der Waals surface area contributed by atoms with Crippen LogP contribution < -0.4 is 0 Å². The van der Waals surface area contributed by atoms with Gasteiger partial charge in [-0.25, -0.2) is 12.7 Å². The molecule has 0 aliphatic rings. The maximum absolute atomic E-state index is 12.6. The van der Waals surface area contributed by atoms with Crippen LogP contribution in [0.2, 0.25) is 0 Å². The smallest absolute Gasteiger partial charge is 0.246 e. The second-order valence-electron chi connectivity index (χ2n) is 4.95. The van der Waals surface area contributed by atoms with Gasteiger partial charge in [0.15, 0.2) is 0 Å². The van der Waals surface area contributed by atoms with Gasteiger partial charge in [0.1, 0.15) is 4.90 Å². The molecule has 1 aromatic rings. The van der Waals surface area contributed by atoms with Gasteiger partial charge in [0.05, 0.1) is 11.4 Å². The monoisotopic (exact) mass is 321 g/mol. The minimum atomic E-state index is -3.46. The summed E-state index contributed by atoms with van der Waals surface area (Å²) in [4.78, 5) is 0.339. The van der Waals surface area contributed by atoms with Crippen molar-refractivity contribution in [2.24, 2.45) is 0 Å². The van der Waals surface area contributed by atoms with Crippen LogP contribution in [-0.4, -0.2) is 42.0 Å². The van der Waals surface area contributed by atoms with Crippen LogP contribution >= 0.6 is 11.6 Å². The molecule has 0 saturated heterocycles. The summed E-state index contributed by atoms with van der Waals surface area (Å²) in [5.74, 6) is 0.539. The number of unbranched alkanes of at least 4 members (excludes halogenated alkanes) is 1. The first-order valence-electron chi connectivity index (χ1n) is 6.92. The summed E-state index contributed by atoms with van der Waals surface area (Å²) < 4.78 is 28.4. The van der Waals surface area contributed by atoms with Crippen molar-refractivity contribution in [1.82, 2.24) is 14.1 Å². The Balaban J connectivity index is 3.09. The number of sulfonamides is 1. The average Bonchev–Trinajstić information content (AvgIpc) is 2.68. The van der Waals surface area contributed by atoms with Crippen LogP contribution in [0.5, 0.6) is 0 Å².